The molecule has 0 N–H and O–H groups in total. The van der Waals surface area contributed by atoms with Gasteiger partial charge < -0.3 is 4.74 Å². The van der Waals surface area contributed by atoms with Gasteiger partial charge in [0.05, 0.1) is 6.10 Å². The number of carbonyl (C=O) groups is 2. The SMILES string of the molecule is CCc1cc(CC)cc(C(=O)C(F)C(=O)OC(C)C)c1. The molecule has 1 aromatic carbocycles. The van der Waals surface area contributed by atoms with Gasteiger partial charge in [-0.2, -0.15) is 0 Å². The average molecular weight is 280 g/mol. The van der Waals surface area contributed by atoms with Crippen molar-refractivity contribution in [2.24, 2.45) is 0 Å². The van der Waals surface area contributed by atoms with Crippen LogP contribution >= 0.6 is 0 Å². The number of ether oxygens (including phenoxy) is 1. The molecule has 0 aliphatic heterocycles. The number of hydrogen-bond donors (Lipinski definition) is 0. The highest BCUT2D eigenvalue weighted by Gasteiger charge is 2.29. The fourth-order valence-electron chi connectivity index (χ4n) is 1.86. The second-order valence-corrected chi connectivity index (χ2v) is 4.96. The van der Waals surface area contributed by atoms with Crippen molar-refractivity contribution in [3.63, 3.8) is 0 Å². The maximum Gasteiger partial charge on any atom is 0.349 e. The molecular weight excluding hydrogens is 259 g/mol. The highest BCUT2D eigenvalue weighted by molar-refractivity contribution is 6.11. The van der Waals surface area contributed by atoms with Crippen LogP contribution in [-0.2, 0) is 22.4 Å². The molecule has 0 aliphatic carbocycles. The molecule has 0 aromatic heterocycles. The molecule has 0 aliphatic rings. The van der Waals surface area contributed by atoms with Crippen LogP contribution in [0.5, 0.6) is 0 Å². The highest BCUT2D eigenvalue weighted by atomic mass is 19.1. The average Bonchev–Trinajstić information content (AvgIpc) is 2.44. The number of hydrogen-bond acceptors (Lipinski definition) is 3. The van der Waals surface area contributed by atoms with E-state index in [0.29, 0.717) is 0 Å². The first-order valence-electron chi connectivity index (χ1n) is 6.90. The summed E-state index contributed by atoms with van der Waals surface area (Å²) >= 11 is 0. The Bertz CT molecular complexity index is 472. The van der Waals surface area contributed by atoms with Crippen molar-refractivity contribution < 1.29 is 18.7 Å². The van der Waals surface area contributed by atoms with Gasteiger partial charge in [-0.25, -0.2) is 9.18 Å². The molecular formula is C16H21FO3. The third-order valence-corrected chi connectivity index (χ3v) is 2.94. The number of benzene rings is 1. The molecule has 1 rings (SSSR count). The zero-order valence-electron chi connectivity index (χ0n) is 12.4. The number of alkyl halides is 1. The third-order valence-electron chi connectivity index (χ3n) is 2.94. The molecule has 0 radical (unpaired) electrons. The molecule has 0 saturated heterocycles. The predicted molar refractivity (Wildman–Crippen MR) is 75.7 cm³/mol. The van der Waals surface area contributed by atoms with Gasteiger partial charge in [0.1, 0.15) is 0 Å². The summed E-state index contributed by atoms with van der Waals surface area (Å²) in [6.07, 6.45) is -1.20. The predicted octanol–water partition coefficient (Wildman–Crippen LogP) is 3.28. The van der Waals surface area contributed by atoms with Crippen LogP contribution in [0.3, 0.4) is 0 Å². The molecule has 1 unspecified atom stereocenters. The van der Waals surface area contributed by atoms with E-state index in [1.54, 1.807) is 26.0 Å². The molecule has 4 heteroatoms. The van der Waals surface area contributed by atoms with E-state index in [2.05, 4.69) is 0 Å². The fourth-order valence-corrected chi connectivity index (χ4v) is 1.86. The molecule has 20 heavy (non-hydrogen) atoms. The monoisotopic (exact) mass is 280 g/mol. The Morgan fingerprint density at radius 1 is 1.10 bits per heavy atom. The minimum atomic E-state index is -2.26. The van der Waals surface area contributed by atoms with Crippen molar-refractivity contribution in [3.05, 3.63) is 34.9 Å². The Morgan fingerprint density at radius 3 is 2.00 bits per heavy atom. The van der Waals surface area contributed by atoms with Crippen molar-refractivity contribution in [2.75, 3.05) is 0 Å². The first kappa shape index (κ1) is 16.3. The molecule has 0 bridgehead atoms. The van der Waals surface area contributed by atoms with Crippen LogP contribution in [0.4, 0.5) is 4.39 Å². The van der Waals surface area contributed by atoms with Gasteiger partial charge in [-0.1, -0.05) is 19.9 Å². The largest absolute Gasteiger partial charge is 0.460 e. The summed E-state index contributed by atoms with van der Waals surface area (Å²) < 4.78 is 18.6. The molecule has 0 spiro atoms. The maximum absolute atomic E-state index is 13.9. The van der Waals surface area contributed by atoms with Crippen molar-refractivity contribution in [1.29, 1.82) is 0 Å². The van der Waals surface area contributed by atoms with Gasteiger partial charge in [0, 0.05) is 5.56 Å². The standard InChI is InChI=1S/C16H21FO3/c1-5-11-7-12(6-2)9-13(8-11)15(18)14(17)16(19)20-10(3)4/h7-10,14H,5-6H2,1-4H3. The molecule has 0 heterocycles. The van der Waals surface area contributed by atoms with Gasteiger partial charge in [0.2, 0.25) is 5.78 Å². The lowest BCUT2D eigenvalue weighted by atomic mass is 9.98. The summed E-state index contributed by atoms with van der Waals surface area (Å²) in [7, 11) is 0. The van der Waals surface area contributed by atoms with Gasteiger partial charge in [-0.05, 0) is 49.9 Å². The van der Waals surface area contributed by atoms with Gasteiger partial charge in [-0.3, -0.25) is 4.79 Å². The summed E-state index contributed by atoms with van der Waals surface area (Å²) in [5, 5.41) is 0. The maximum atomic E-state index is 13.9. The minimum Gasteiger partial charge on any atom is -0.460 e. The number of carbonyl (C=O) groups excluding carboxylic acids is 2. The van der Waals surface area contributed by atoms with Crippen LogP contribution in [0.25, 0.3) is 0 Å². The second-order valence-electron chi connectivity index (χ2n) is 4.96. The number of halogens is 1. The Balaban J connectivity index is 2.99. The number of esters is 1. The van der Waals surface area contributed by atoms with Gasteiger partial charge >= 0.3 is 5.97 Å². The van der Waals surface area contributed by atoms with E-state index in [-0.39, 0.29) is 5.56 Å². The fraction of sp³-hybridized carbons (Fsp3) is 0.500. The normalized spacial score (nSPS) is 12.3. The molecule has 0 fully saturated rings. The van der Waals surface area contributed by atoms with E-state index >= 15 is 0 Å². The summed E-state index contributed by atoms with van der Waals surface area (Å²) in [5.74, 6) is -1.95. The lowest BCUT2D eigenvalue weighted by Gasteiger charge is -2.12. The lowest BCUT2D eigenvalue weighted by molar-refractivity contribution is -0.151. The zero-order valence-corrected chi connectivity index (χ0v) is 12.4. The highest BCUT2D eigenvalue weighted by Crippen LogP contribution is 2.16. The van der Waals surface area contributed by atoms with Gasteiger partial charge in [0.15, 0.2) is 0 Å². The van der Waals surface area contributed by atoms with Crippen LogP contribution in [-0.4, -0.2) is 24.0 Å². The smallest absolute Gasteiger partial charge is 0.349 e. The topological polar surface area (TPSA) is 43.4 Å². The third kappa shape index (κ3) is 4.15. The molecule has 1 aromatic rings. The van der Waals surface area contributed by atoms with Crippen molar-refractivity contribution in [2.45, 2.75) is 52.8 Å². The van der Waals surface area contributed by atoms with Crippen LogP contribution in [0.1, 0.15) is 49.2 Å². The summed E-state index contributed by atoms with van der Waals surface area (Å²) in [4.78, 5) is 23.5. The van der Waals surface area contributed by atoms with Crippen LogP contribution in [0, 0.1) is 0 Å². The molecule has 3 nitrogen and oxygen atoms in total. The molecule has 110 valence electrons. The van der Waals surface area contributed by atoms with Crippen molar-refractivity contribution in [3.8, 4) is 0 Å². The first-order chi connectivity index (χ1) is 9.38. The van der Waals surface area contributed by atoms with E-state index in [9.17, 15) is 14.0 Å². The first-order valence-corrected chi connectivity index (χ1v) is 6.90. The Hall–Kier alpha value is -1.71. The van der Waals surface area contributed by atoms with Gasteiger partial charge in [-0.15, -0.1) is 0 Å². The number of ketones is 1. The number of aryl methyl sites for hydroxylation is 2. The zero-order chi connectivity index (χ0) is 15.3. The molecule has 0 saturated carbocycles. The summed E-state index contributed by atoms with van der Waals surface area (Å²) in [5.41, 5.74) is 2.14. The van der Waals surface area contributed by atoms with Gasteiger partial charge in [0.25, 0.3) is 6.17 Å². The minimum absolute atomic E-state index is 0.231. The van der Waals surface area contributed by atoms with Crippen molar-refractivity contribution in [1.82, 2.24) is 0 Å². The van der Waals surface area contributed by atoms with E-state index in [0.717, 1.165) is 24.0 Å². The van der Waals surface area contributed by atoms with E-state index in [4.69, 9.17) is 4.74 Å². The molecule has 1 atom stereocenters. The Morgan fingerprint density at radius 2 is 1.60 bits per heavy atom. The Labute approximate surface area is 119 Å². The summed E-state index contributed by atoms with van der Waals surface area (Å²) in [6.45, 7) is 7.15. The van der Waals surface area contributed by atoms with E-state index in [1.165, 1.54) is 0 Å². The van der Waals surface area contributed by atoms with Crippen LogP contribution in [0.15, 0.2) is 18.2 Å². The number of rotatable bonds is 6. The number of Topliss-reactive ketones (excluding diaryl/α,β-unsaturated/α-hetero) is 1. The Kier molecular flexibility index (Phi) is 5.86. The van der Waals surface area contributed by atoms with E-state index < -0.39 is 24.0 Å². The van der Waals surface area contributed by atoms with Crippen LogP contribution in [0.2, 0.25) is 0 Å². The van der Waals surface area contributed by atoms with Crippen LogP contribution < -0.4 is 0 Å². The van der Waals surface area contributed by atoms with E-state index in [1.807, 2.05) is 19.9 Å². The second kappa shape index (κ2) is 7.17. The lowest BCUT2D eigenvalue weighted by Crippen LogP contribution is -2.30. The molecule has 0 amide bonds. The van der Waals surface area contributed by atoms with Crippen molar-refractivity contribution >= 4 is 11.8 Å². The quantitative estimate of drug-likeness (QED) is 0.456. The summed E-state index contributed by atoms with van der Waals surface area (Å²) in [6, 6.07) is 5.25.